The fourth-order valence-electron chi connectivity index (χ4n) is 2.60. The number of nitrogens with one attached hydrogen (secondary N) is 2. The second kappa shape index (κ2) is 8.59. The summed E-state index contributed by atoms with van der Waals surface area (Å²) in [6.07, 6.45) is 0. The summed E-state index contributed by atoms with van der Waals surface area (Å²) < 4.78 is 53.4. The molecule has 0 aliphatic heterocycles. The van der Waals surface area contributed by atoms with Gasteiger partial charge in [-0.15, -0.1) is 0 Å². The normalized spacial score (nSPS) is 11.4. The summed E-state index contributed by atoms with van der Waals surface area (Å²) in [6, 6.07) is 12.2. The predicted molar refractivity (Wildman–Crippen MR) is 103 cm³/mol. The highest BCUT2D eigenvalue weighted by Gasteiger charge is 2.24. The lowest BCUT2D eigenvalue weighted by Crippen LogP contribution is -2.37. The van der Waals surface area contributed by atoms with Gasteiger partial charge in [-0.05, 0) is 45.6 Å². The average Bonchev–Trinajstić information content (AvgIpc) is 3.19. The maximum atomic E-state index is 13.7. The van der Waals surface area contributed by atoms with Gasteiger partial charge in [0.25, 0.3) is 0 Å². The Balaban J connectivity index is 1.63. The predicted octanol–water partition coefficient (Wildman–Crippen LogP) is 3.29. The topological polar surface area (TPSA) is 75.3 Å². The number of hydrogen-bond donors (Lipinski definition) is 2. The van der Waals surface area contributed by atoms with Crippen LogP contribution in [-0.2, 0) is 21.4 Å². The third-order valence-electron chi connectivity index (χ3n) is 3.94. The summed E-state index contributed by atoms with van der Waals surface area (Å²) in [5.74, 6) is -3.07. The lowest BCUT2D eigenvalue weighted by atomic mass is 10.0. The monoisotopic (exact) mass is 422 g/mol. The van der Waals surface area contributed by atoms with Crippen LogP contribution < -0.4 is 10.0 Å². The van der Waals surface area contributed by atoms with Crippen molar-refractivity contribution in [2.24, 2.45) is 0 Å². The minimum Gasteiger partial charge on any atom is -0.351 e. The molecule has 0 bridgehead atoms. The van der Waals surface area contributed by atoms with Crippen LogP contribution in [0.25, 0.3) is 11.1 Å². The Kier molecular flexibility index (Phi) is 6.18. The summed E-state index contributed by atoms with van der Waals surface area (Å²) in [5, 5.41) is 6.53. The minimum atomic E-state index is -4.50. The van der Waals surface area contributed by atoms with E-state index in [-0.39, 0.29) is 6.54 Å². The molecule has 0 spiro atoms. The van der Waals surface area contributed by atoms with Crippen LogP contribution in [0.15, 0.2) is 64.2 Å². The first-order chi connectivity index (χ1) is 13.4. The molecular weight excluding hydrogens is 406 g/mol. The van der Waals surface area contributed by atoms with Crippen LogP contribution in [0.2, 0.25) is 0 Å². The molecule has 0 atom stereocenters. The van der Waals surface area contributed by atoms with Crippen molar-refractivity contribution in [1.29, 1.82) is 0 Å². The van der Waals surface area contributed by atoms with Gasteiger partial charge in [0.2, 0.25) is 15.9 Å². The van der Waals surface area contributed by atoms with E-state index in [2.05, 4.69) is 5.32 Å². The van der Waals surface area contributed by atoms with E-state index in [9.17, 15) is 22.0 Å². The van der Waals surface area contributed by atoms with Crippen molar-refractivity contribution in [3.8, 4) is 11.1 Å². The highest BCUT2D eigenvalue weighted by atomic mass is 32.2. The Hall–Kier alpha value is -2.62. The summed E-state index contributed by atoms with van der Waals surface area (Å²) in [4.78, 5) is 10.9. The van der Waals surface area contributed by atoms with Gasteiger partial charge in [0, 0.05) is 6.54 Å². The molecule has 1 aromatic heterocycles. The molecule has 3 aromatic rings. The lowest BCUT2D eigenvalue weighted by molar-refractivity contribution is -0.120. The quantitative estimate of drug-likeness (QED) is 0.614. The molecule has 5 nitrogen and oxygen atoms in total. The largest absolute Gasteiger partial charge is 0.351 e. The number of rotatable bonds is 7. The number of halogens is 2. The van der Waals surface area contributed by atoms with E-state index in [0.717, 1.165) is 34.9 Å². The van der Waals surface area contributed by atoms with Crippen LogP contribution >= 0.6 is 11.3 Å². The van der Waals surface area contributed by atoms with Gasteiger partial charge in [-0.3, -0.25) is 4.79 Å². The van der Waals surface area contributed by atoms with E-state index in [4.69, 9.17) is 0 Å². The number of amides is 1. The highest BCUT2D eigenvalue weighted by molar-refractivity contribution is 7.89. The van der Waals surface area contributed by atoms with Crippen molar-refractivity contribution < 1.29 is 22.0 Å². The van der Waals surface area contributed by atoms with Crippen molar-refractivity contribution in [3.05, 3.63) is 76.5 Å². The smallest absolute Gasteiger partial charge is 0.246 e. The summed E-state index contributed by atoms with van der Waals surface area (Å²) >= 11 is 1.55. The minimum absolute atomic E-state index is 0.181. The molecule has 0 saturated heterocycles. The molecule has 0 unspecified atom stereocenters. The SMILES string of the molecule is O=C(CNS(=O)(=O)c1c(F)cccc1F)NCc1ccccc1-c1ccsc1. The van der Waals surface area contributed by atoms with Crippen LogP contribution in [0.1, 0.15) is 5.56 Å². The molecule has 0 radical (unpaired) electrons. The fraction of sp³-hybridized carbons (Fsp3) is 0.105. The first-order valence-corrected chi connectivity index (χ1v) is 10.6. The van der Waals surface area contributed by atoms with Crippen LogP contribution in [-0.4, -0.2) is 20.9 Å². The molecule has 2 N–H and O–H groups in total. The average molecular weight is 422 g/mol. The number of hydrogen-bond acceptors (Lipinski definition) is 4. The molecule has 2 aromatic carbocycles. The molecule has 1 heterocycles. The zero-order chi connectivity index (χ0) is 20.1. The number of sulfonamides is 1. The van der Waals surface area contributed by atoms with Crippen LogP contribution in [0.3, 0.4) is 0 Å². The van der Waals surface area contributed by atoms with Gasteiger partial charge >= 0.3 is 0 Å². The Morgan fingerprint density at radius 1 is 1.00 bits per heavy atom. The standard InChI is InChI=1S/C19H16F2N2O3S2/c20-16-6-3-7-17(21)19(16)28(25,26)23-11-18(24)22-10-13-4-1-2-5-15(13)14-8-9-27-12-14/h1-9,12,23H,10-11H2,(H,22,24). The number of thiophene rings is 1. The highest BCUT2D eigenvalue weighted by Crippen LogP contribution is 2.25. The second-order valence-corrected chi connectivity index (χ2v) is 8.31. The van der Waals surface area contributed by atoms with Crippen molar-refractivity contribution >= 4 is 27.3 Å². The maximum Gasteiger partial charge on any atom is 0.246 e. The third-order valence-corrected chi connectivity index (χ3v) is 6.07. The molecule has 0 aliphatic rings. The van der Waals surface area contributed by atoms with E-state index in [0.29, 0.717) is 0 Å². The van der Waals surface area contributed by atoms with Gasteiger partial charge in [-0.1, -0.05) is 30.3 Å². The van der Waals surface area contributed by atoms with E-state index in [1.165, 1.54) is 0 Å². The summed E-state index contributed by atoms with van der Waals surface area (Å²) in [5.41, 5.74) is 2.83. The Bertz CT molecular complexity index is 1060. The zero-order valence-corrected chi connectivity index (χ0v) is 16.1. The fourth-order valence-corrected chi connectivity index (χ4v) is 4.37. The van der Waals surface area contributed by atoms with E-state index >= 15 is 0 Å². The summed E-state index contributed by atoms with van der Waals surface area (Å²) in [7, 11) is -4.50. The maximum absolute atomic E-state index is 13.7. The van der Waals surface area contributed by atoms with Crippen molar-refractivity contribution in [3.63, 3.8) is 0 Å². The molecule has 0 aliphatic carbocycles. The Morgan fingerprint density at radius 2 is 1.71 bits per heavy atom. The summed E-state index contributed by atoms with van der Waals surface area (Å²) in [6.45, 7) is -0.461. The Labute approximate surface area is 165 Å². The van der Waals surface area contributed by atoms with Gasteiger partial charge in [0.05, 0.1) is 6.54 Å². The van der Waals surface area contributed by atoms with Crippen molar-refractivity contribution in [1.82, 2.24) is 10.0 Å². The van der Waals surface area contributed by atoms with E-state index in [1.807, 2.05) is 45.8 Å². The number of carbonyl (C=O) groups is 1. The molecule has 1 amide bonds. The molecule has 0 saturated carbocycles. The first kappa shape index (κ1) is 20.1. The van der Waals surface area contributed by atoms with Crippen molar-refractivity contribution in [2.75, 3.05) is 6.54 Å². The van der Waals surface area contributed by atoms with E-state index < -0.39 is 39.0 Å². The van der Waals surface area contributed by atoms with Gasteiger partial charge in [0.15, 0.2) is 4.90 Å². The second-order valence-electron chi connectivity index (χ2n) is 5.82. The van der Waals surface area contributed by atoms with Gasteiger partial charge < -0.3 is 5.32 Å². The zero-order valence-electron chi connectivity index (χ0n) is 14.5. The first-order valence-electron chi connectivity index (χ1n) is 8.19. The lowest BCUT2D eigenvalue weighted by Gasteiger charge is -2.11. The van der Waals surface area contributed by atoms with Crippen LogP contribution in [0.4, 0.5) is 8.78 Å². The Morgan fingerprint density at radius 3 is 2.39 bits per heavy atom. The van der Waals surface area contributed by atoms with Gasteiger partial charge in [0.1, 0.15) is 11.6 Å². The van der Waals surface area contributed by atoms with Gasteiger partial charge in [-0.2, -0.15) is 11.3 Å². The molecule has 28 heavy (non-hydrogen) atoms. The molecule has 0 fully saturated rings. The molecule has 3 rings (SSSR count). The van der Waals surface area contributed by atoms with Gasteiger partial charge in [-0.25, -0.2) is 21.9 Å². The molecule has 9 heteroatoms. The third kappa shape index (κ3) is 4.61. The van der Waals surface area contributed by atoms with Crippen LogP contribution in [0, 0.1) is 11.6 Å². The number of carbonyl (C=O) groups excluding carboxylic acids is 1. The molecular formula is C19H16F2N2O3S2. The van der Waals surface area contributed by atoms with Crippen LogP contribution in [0.5, 0.6) is 0 Å². The number of benzene rings is 2. The van der Waals surface area contributed by atoms with Crippen molar-refractivity contribution in [2.45, 2.75) is 11.4 Å². The van der Waals surface area contributed by atoms with E-state index in [1.54, 1.807) is 11.3 Å². The molecule has 146 valence electrons.